The van der Waals surface area contributed by atoms with Crippen molar-refractivity contribution in [3.8, 4) is 0 Å². The van der Waals surface area contributed by atoms with Gasteiger partial charge in [-0.1, -0.05) is 42.5 Å². The quantitative estimate of drug-likeness (QED) is 0.585. The van der Waals surface area contributed by atoms with E-state index in [0.29, 0.717) is 12.1 Å². The van der Waals surface area contributed by atoms with Crippen LogP contribution in [0.25, 0.3) is 6.08 Å². The standard InChI is InChI=1S/C20H20N2O5/c1-26-18(24)16-17(19(25)27-2)21-12-20(16)14(10-11-22-20)15(23)9-8-13-6-4-3-5-7-13/h3-10,21-22H,11-12H2,1-2H3. The zero-order chi connectivity index (χ0) is 19.4. The van der Waals surface area contributed by atoms with E-state index in [4.69, 9.17) is 9.47 Å². The van der Waals surface area contributed by atoms with E-state index < -0.39 is 17.5 Å². The summed E-state index contributed by atoms with van der Waals surface area (Å²) in [5.74, 6) is -1.63. The lowest BCUT2D eigenvalue weighted by Crippen LogP contribution is -2.50. The van der Waals surface area contributed by atoms with Gasteiger partial charge in [0.2, 0.25) is 0 Å². The lowest BCUT2D eigenvalue weighted by molar-refractivity contribution is -0.139. The van der Waals surface area contributed by atoms with Gasteiger partial charge in [0.15, 0.2) is 5.78 Å². The van der Waals surface area contributed by atoms with Gasteiger partial charge in [-0.2, -0.15) is 0 Å². The second-order valence-electron chi connectivity index (χ2n) is 6.10. The van der Waals surface area contributed by atoms with Crippen molar-refractivity contribution in [3.05, 3.63) is 64.9 Å². The molecule has 1 spiro atoms. The molecule has 2 N–H and O–H groups in total. The summed E-state index contributed by atoms with van der Waals surface area (Å²) in [5.41, 5.74) is 0.206. The number of hydrogen-bond donors (Lipinski definition) is 2. The molecule has 2 aliphatic heterocycles. The van der Waals surface area contributed by atoms with Crippen LogP contribution in [0.3, 0.4) is 0 Å². The molecule has 2 aliphatic rings. The predicted octanol–water partition coefficient (Wildman–Crippen LogP) is 0.741. The van der Waals surface area contributed by atoms with E-state index >= 15 is 0 Å². The second-order valence-corrected chi connectivity index (χ2v) is 6.10. The van der Waals surface area contributed by atoms with Crippen LogP contribution in [0, 0.1) is 0 Å². The van der Waals surface area contributed by atoms with E-state index in [1.807, 2.05) is 30.3 Å². The van der Waals surface area contributed by atoms with Gasteiger partial charge in [0.25, 0.3) is 0 Å². The van der Waals surface area contributed by atoms with E-state index in [9.17, 15) is 14.4 Å². The van der Waals surface area contributed by atoms with Crippen LogP contribution < -0.4 is 10.6 Å². The Kier molecular flexibility index (Phi) is 5.23. The smallest absolute Gasteiger partial charge is 0.354 e. The summed E-state index contributed by atoms with van der Waals surface area (Å²) in [7, 11) is 2.45. The van der Waals surface area contributed by atoms with Gasteiger partial charge in [0.1, 0.15) is 5.70 Å². The third kappa shape index (κ3) is 3.29. The molecule has 0 radical (unpaired) electrons. The van der Waals surface area contributed by atoms with Crippen molar-refractivity contribution >= 4 is 23.8 Å². The van der Waals surface area contributed by atoms with Gasteiger partial charge >= 0.3 is 11.9 Å². The first kappa shape index (κ1) is 18.6. The van der Waals surface area contributed by atoms with Crippen LogP contribution in [0.5, 0.6) is 0 Å². The molecule has 7 heteroatoms. The van der Waals surface area contributed by atoms with Crippen LogP contribution in [0.2, 0.25) is 0 Å². The zero-order valence-electron chi connectivity index (χ0n) is 15.1. The minimum atomic E-state index is -1.13. The van der Waals surface area contributed by atoms with Crippen LogP contribution in [-0.4, -0.2) is 50.6 Å². The highest BCUT2D eigenvalue weighted by Gasteiger charge is 2.52. The van der Waals surface area contributed by atoms with Crippen molar-refractivity contribution in [1.82, 2.24) is 10.6 Å². The number of allylic oxidation sites excluding steroid dienone is 1. The van der Waals surface area contributed by atoms with Gasteiger partial charge in [0.05, 0.1) is 25.3 Å². The highest BCUT2D eigenvalue weighted by molar-refractivity contribution is 6.13. The zero-order valence-corrected chi connectivity index (χ0v) is 15.1. The van der Waals surface area contributed by atoms with Crippen molar-refractivity contribution in [2.24, 2.45) is 0 Å². The van der Waals surface area contributed by atoms with Crippen molar-refractivity contribution in [2.45, 2.75) is 5.54 Å². The first-order valence-corrected chi connectivity index (χ1v) is 8.42. The Morgan fingerprint density at radius 3 is 2.44 bits per heavy atom. The summed E-state index contributed by atoms with van der Waals surface area (Å²) < 4.78 is 9.61. The van der Waals surface area contributed by atoms with Crippen molar-refractivity contribution < 1.29 is 23.9 Å². The summed E-state index contributed by atoms with van der Waals surface area (Å²) in [6.45, 7) is 0.551. The number of methoxy groups -OCH3 is 2. The van der Waals surface area contributed by atoms with E-state index in [1.54, 1.807) is 12.2 Å². The molecule has 1 unspecified atom stereocenters. The molecule has 0 aromatic heterocycles. The number of rotatable bonds is 5. The summed E-state index contributed by atoms with van der Waals surface area (Å²) >= 11 is 0. The maximum atomic E-state index is 12.9. The lowest BCUT2D eigenvalue weighted by atomic mass is 9.82. The minimum Gasteiger partial charge on any atom is -0.466 e. The van der Waals surface area contributed by atoms with Gasteiger partial charge in [-0.3, -0.25) is 10.1 Å². The molecule has 0 saturated carbocycles. The fourth-order valence-corrected chi connectivity index (χ4v) is 3.38. The van der Waals surface area contributed by atoms with Crippen molar-refractivity contribution in [1.29, 1.82) is 0 Å². The van der Waals surface area contributed by atoms with Crippen LogP contribution >= 0.6 is 0 Å². The lowest BCUT2D eigenvalue weighted by Gasteiger charge is -2.28. The van der Waals surface area contributed by atoms with Crippen molar-refractivity contribution in [3.63, 3.8) is 0 Å². The number of benzene rings is 1. The maximum Gasteiger partial charge on any atom is 0.354 e. The first-order valence-electron chi connectivity index (χ1n) is 8.42. The Morgan fingerprint density at radius 1 is 1.07 bits per heavy atom. The molecule has 1 aromatic rings. The maximum absolute atomic E-state index is 12.9. The fraction of sp³-hybridized carbons (Fsp3) is 0.250. The average Bonchev–Trinajstić information content (AvgIpc) is 3.30. The fourth-order valence-electron chi connectivity index (χ4n) is 3.38. The second kappa shape index (κ2) is 7.59. The van der Waals surface area contributed by atoms with Gasteiger partial charge < -0.3 is 14.8 Å². The molecule has 0 aliphatic carbocycles. The molecular formula is C20H20N2O5. The van der Waals surface area contributed by atoms with Gasteiger partial charge in [0, 0.05) is 18.7 Å². The summed E-state index contributed by atoms with van der Waals surface area (Å²) in [5, 5.41) is 6.05. The number of carbonyl (C=O) groups excluding carboxylic acids is 3. The third-order valence-corrected chi connectivity index (χ3v) is 4.65. The van der Waals surface area contributed by atoms with Gasteiger partial charge in [-0.05, 0) is 11.6 Å². The summed E-state index contributed by atoms with van der Waals surface area (Å²) in [4.78, 5) is 37.4. The SMILES string of the molecule is COC(=O)C1=C(C(=O)OC)C2(CN1)NCC=C2C(=O)C=Cc1ccccc1. The van der Waals surface area contributed by atoms with Crippen LogP contribution in [0.4, 0.5) is 0 Å². The van der Waals surface area contributed by atoms with Crippen LogP contribution in [0.15, 0.2) is 59.3 Å². The molecule has 3 rings (SSSR count). The molecule has 27 heavy (non-hydrogen) atoms. The van der Waals surface area contributed by atoms with E-state index in [2.05, 4.69) is 10.6 Å². The van der Waals surface area contributed by atoms with Gasteiger partial charge in [-0.25, -0.2) is 9.59 Å². The summed E-state index contributed by atoms with van der Waals surface area (Å²) in [6, 6.07) is 9.41. The monoisotopic (exact) mass is 368 g/mol. The van der Waals surface area contributed by atoms with E-state index in [0.717, 1.165) is 5.56 Å². The first-order chi connectivity index (χ1) is 13.0. The largest absolute Gasteiger partial charge is 0.466 e. The number of nitrogens with one attached hydrogen (secondary N) is 2. The Labute approximate surface area is 156 Å². The average molecular weight is 368 g/mol. The number of hydrogen-bond acceptors (Lipinski definition) is 7. The Balaban J connectivity index is 1.97. The molecule has 7 nitrogen and oxygen atoms in total. The highest BCUT2D eigenvalue weighted by Crippen LogP contribution is 2.36. The molecule has 0 fully saturated rings. The number of ketones is 1. The van der Waals surface area contributed by atoms with Crippen molar-refractivity contribution in [2.75, 3.05) is 27.3 Å². The number of esters is 2. The molecule has 0 saturated heterocycles. The predicted molar refractivity (Wildman–Crippen MR) is 98.4 cm³/mol. The van der Waals surface area contributed by atoms with Gasteiger partial charge in [-0.15, -0.1) is 0 Å². The van der Waals surface area contributed by atoms with E-state index in [1.165, 1.54) is 20.3 Å². The molecule has 1 atom stereocenters. The normalized spacial score (nSPS) is 21.3. The summed E-state index contributed by atoms with van der Waals surface area (Å²) in [6.07, 6.45) is 4.89. The number of carbonyl (C=O) groups is 3. The highest BCUT2D eigenvalue weighted by atomic mass is 16.5. The van der Waals surface area contributed by atoms with Crippen LogP contribution in [-0.2, 0) is 23.9 Å². The molecular weight excluding hydrogens is 348 g/mol. The van der Waals surface area contributed by atoms with Crippen LogP contribution in [0.1, 0.15) is 5.56 Å². The Bertz CT molecular complexity index is 870. The molecule has 0 amide bonds. The Hall–Kier alpha value is -3.19. The molecule has 2 heterocycles. The molecule has 1 aromatic carbocycles. The molecule has 0 bridgehead atoms. The molecule has 140 valence electrons. The van der Waals surface area contributed by atoms with E-state index in [-0.39, 0.29) is 23.6 Å². The number of ether oxygens (including phenoxy) is 2. The topological polar surface area (TPSA) is 93.7 Å². The minimum absolute atomic E-state index is 0.00416. The third-order valence-electron chi connectivity index (χ3n) is 4.65. The Morgan fingerprint density at radius 2 is 1.78 bits per heavy atom.